The molecular weight excluding hydrogens is 346 g/mol. The van der Waals surface area contributed by atoms with Gasteiger partial charge in [-0.1, -0.05) is 46.3 Å². The zero-order valence-electron chi connectivity index (χ0n) is 11.8. The summed E-state index contributed by atoms with van der Waals surface area (Å²) in [7, 11) is 0. The van der Waals surface area contributed by atoms with Crippen LogP contribution >= 0.6 is 15.9 Å². The Morgan fingerprint density at radius 3 is 2.59 bits per heavy atom. The molecule has 114 valence electrons. The summed E-state index contributed by atoms with van der Waals surface area (Å²) >= 11 is 3.44. The average Bonchev–Trinajstić information content (AvgIpc) is 2.51. The van der Waals surface area contributed by atoms with E-state index in [4.69, 9.17) is 10.5 Å². The quantitative estimate of drug-likeness (QED) is 0.469. The smallest absolute Gasteiger partial charge is 0.332 e. The number of para-hydroxylation sites is 2. The number of aryl methyl sites for hydroxylation is 1. The molecule has 5 nitrogen and oxygen atoms in total. The van der Waals surface area contributed by atoms with Crippen LogP contribution in [0, 0.1) is 0 Å². The molecule has 0 unspecified atom stereocenters. The standard InChI is InChI=1S/C16H16BrN3O2/c17-10-9-12-5-1-3-7-14(12)22-15-8-4-2-6-13(15)11-19-20-16(18)21/h1-8,11H,9-10H2,(H3,18,20,21)/b19-11-. The third kappa shape index (κ3) is 4.60. The second kappa shape index (κ2) is 8.19. The first-order chi connectivity index (χ1) is 10.7. The van der Waals surface area contributed by atoms with Gasteiger partial charge in [0.2, 0.25) is 0 Å². The van der Waals surface area contributed by atoms with Crippen molar-refractivity contribution in [3.05, 3.63) is 59.7 Å². The van der Waals surface area contributed by atoms with Crippen molar-refractivity contribution in [1.82, 2.24) is 5.43 Å². The normalized spacial score (nSPS) is 10.6. The summed E-state index contributed by atoms with van der Waals surface area (Å²) in [6.07, 6.45) is 2.36. The monoisotopic (exact) mass is 361 g/mol. The molecule has 0 saturated carbocycles. The van der Waals surface area contributed by atoms with Gasteiger partial charge in [0.05, 0.1) is 6.21 Å². The third-order valence-corrected chi connectivity index (χ3v) is 3.25. The Morgan fingerprint density at radius 1 is 1.18 bits per heavy atom. The number of alkyl halides is 1. The zero-order chi connectivity index (χ0) is 15.8. The molecule has 0 spiro atoms. The van der Waals surface area contributed by atoms with Crippen molar-refractivity contribution in [2.45, 2.75) is 6.42 Å². The van der Waals surface area contributed by atoms with Gasteiger partial charge in [0.1, 0.15) is 11.5 Å². The van der Waals surface area contributed by atoms with Crippen LogP contribution in [-0.4, -0.2) is 17.6 Å². The Bertz CT molecular complexity index is 674. The minimum Gasteiger partial charge on any atom is -0.456 e. The number of nitrogens with zero attached hydrogens (tertiary/aromatic N) is 1. The number of carbonyl (C=O) groups excluding carboxylic acids is 1. The fourth-order valence-corrected chi connectivity index (χ4v) is 2.30. The number of hydrazone groups is 1. The summed E-state index contributed by atoms with van der Waals surface area (Å²) in [6, 6.07) is 14.6. The molecule has 22 heavy (non-hydrogen) atoms. The molecule has 0 saturated heterocycles. The lowest BCUT2D eigenvalue weighted by atomic mass is 10.1. The van der Waals surface area contributed by atoms with E-state index in [9.17, 15) is 4.79 Å². The lowest BCUT2D eigenvalue weighted by molar-refractivity contribution is 0.249. The molecule has 0 aliphatic heterocycles. The lowest BCUT2D eigenvalue weighted by Crippen LogP contribution is -2.24. The second-order valence-corrected chi connectivity index (χ2v) is 5.21. The van der Waals surface area contributed by atoms with E-state index in [1.54, 1.807) is 0 Å². The number of nitrogens with one attached hydrogen (secondary N) is 1. The van der Waals surface area contributed by atoms with Gasteiger partial charge in [-0.15, -0.1) is 0 Å². The fourth-order valence-electron chi connectivity index (χ4n) is 1.88. The van der Waals surface area contributed by atoms with Crippen molar-refractivity contribution in [3.8, 4) is 11.5 Å². The van der Waals surface area contributed by atoms with Gasteiger partial charge >= 0.3 is 6.03 Å². The van der Waals surface area contributed by atoms with Crippen LogP contribution in [-0.2, 0) is 6.42 Å². The minimum atomic E-state index is -0.711. The van der Waals surface area contributed by atoms with Crippen LogP contribution in [0.1, 0.15) is 11.1 Å². The molecule has 2 aromatic carbocycles. The Labute approximate surface area is 137 Å². The van der Waals surface area contributed by atoms with E-state index in [2.05, 4.69) is 26.5 Å². The van der Waals surface area contributed by atoms with Crippen LogP contribution in [0.15, 0.2) is 53.6 Å². The maximum Gasteiger partial charge on any atom is 0.332 e. The van der Waals surface area contributed by atoms with Gasteiger partial charge in [-0.05, 0) is 30.2 Å². The highest BCUT2D eigenvalue weighted by Crippen LogP contribution is 2.27. The predicted octanol–water partition coefficient (Wildman–Crippen LogP) is 3.42. The van der Waals surface area contributed by atoms with E-state index < -0.39 is 6.03 Å². The Morgan fingerprint density at radius 2 is 1.86 bits per heavy atom. The number of carbonyl (C=O) groups is 1. The number of rotatable bonds is 6. The van der Waals surface area contributed by atoms with Crippen molar-refractivity contribution in [2.75, 3.05) is 5.33 Å². The first-order valence-corrected chi connectivity index (χ1v) is 7.82. The molecule has 0 bridgehead atoms. The van der Waals surface area contributed by atoms with Gasteiger partial charge < -0.3 is 10.5 Å². The van der Waals surface area contributed by atoms with Gasteiger partial charge in [-0.2, -0.15) is 5.10 Å². The maximum atomic E-state index is 10.6. The van der Waals surface area contributed by atoms with Gasteiger partial charge in [-0.25, -0.2) is 10.2 Å². The zero-order valence-corrected chi connectivity index (χ0v) is 13.4. The summed E-state index contributed by atoms with van der Waals surface area (Å²) in [6.45, 7) is 0. The molecule has 0 atom stereocenters. The van der Waals surface area contributed by atoms with E-state index in [0.717, 1.165) is 28.6 Å². The highest BCUT2D eigenvalue weighted by molar-refractivity contribution is 9.09. The number of halogens is 1. The first kappa shape index (κ1) is 16.0. The van der Waals surface area contributed by atoms with Gasteiger partial charge in [0.15, 0.2) is 0 Å². The van der Waals surface area contributed by atoms with Crippen LogP contribution < -0.4 is 15.9 Å². The average molecular weight is 362 g/mol. The maximum absolute atomic E-state index is 10.6. The number of hydrogen-bond acceptors (Lipinski definition) is 3. The summed E-state index contributed by atoms with van der Waals surface area (Å²) < 4.78 is 5.99. The Balaban J connectivity index is 2.23. The van der Waals surface area contributed by atoms with Crippen LogP contribution in [0.25, 0.3) is 0 Å². The highest BCUT2D eigenvalue weighted by Gasteiger charge is 2.06. The molecule has 0 aromatic heterocycles. The minimum absolute atomic E-state index is 0.652. The van der Waals surface area contributed by atoms with E-state index in [1.165, 1.54) is 6.21 Å². The van der Waals surface area contributed by atoms with Crippen LogP contribution in [0.2, 0.25) is 0 Å². The molecule has 0 aliphatic rings. The van der Waals surface area contributed by atoms with Crippen molar-refractivity contribution in [1.29, 1.82) is 0 Å². The summed E-state index contributed by atoms with van der Waals surface area (Å²) in [5, 5.41) is 4.63. The number of amides is 2. The van der Waals surface area contributed by atoms with Crippen LogP contribution in [0.3, 0.4) is 0 Å². The fraction of sp³-hybridized carbons (Fsp3) is 0.125. The summed E-state index contributed by atoms with van der Waals surface area (Å²) in [4.78, 5) is 10.6. The molecular formula is C16H16BrN3O2. The topological polar surface area (TPSA) is 76.7 Å². The van der Waals surface area contributed by atoms with Crippen molar-refractivity contribution >= 4 is 28.2 Å². The molecule has 6 heteroatoms. The van der Waals surface area contributed by atoms with Gasteiger partial charge in [-0.3, -0.25) is 0 Å². The summed E-state index contributed by atoms with van der Waals surface area (Å²) in [5.41, 5.74) is 8.99. The van der Waals surface area contributed by atoms with Gasteiger partial charge in [0, 0.05) is 10.9 Å². The number of urea groups is 1. The number of nitrogens with two attached hydrogens (primary N) is 1. The molecule has 2 aromatic rings. The van der Waals surface area contributed by atoms with E-state index in [-0.39, 0.29) is 0 Å². The number of benzene rings is 2. The lowest BCUT2D eigenvalue weighted by Gasteiger charge is -2.12. The predicted molar refractivity (Wildman–Crippen MR) is 90.8 cm³/mol. The highest BCUT2D eigenvalue weighted by atomic mass is 79.9. The molecule has 2 amide bonds. The molecule has 0 fully saturated rings. The van der Waals surface area contributed by atoms with Crippen LogP contribution in [0.4, 0.5) is 4.79 Å². The largest absolute Gasteiger partial charge is 0.456 e. The molecule has 0 radical (unpaired) electrons. The number of hydrogen-bond donors (Lipinski definition) is 2. The summed E-state index contributed by atoms with van der Waals surface area (Å²) in [5.74, 6) is 1.45. The molecule has 2 rings (SSSR count). The molecule has 0 heterocycles. The van der Waals surface area contributed by atoms with E-state index in [0.29, 0.717) is 5.75 Å². The van der Waals surface area contributed by atoms with Crippen molar-refractivity contribution in [2.24, 2.45) is 10.8 Å². The van der Waals surface area contributed by atoms with Gasteiger partial charge in [0.25, 0.3) is 0 Å². The van der Waals surface area contributed by atoms with Crippen molar-refractivity contribution in [3.63, 3.8) is 0 Å². The van der Waals surface area contributed by atoms with E-state index >= 15 is 0 Å². The third-order valence-electron chi connectivity index (χ3n) is 2.85. The number of primary amides is 1. The number of ether oxygens (including phenoxy) is 1. The van der Waals surface area contributed by atoms with Crippen molar-refractivity contribution < 1.29 is 9.53 Å². The second-order valence-electron chi connectivity index (χ2n) is 4.42. The van der Waals surface area contributed by atoms with Crippen LogP contribution in [0.5, 0.6) is 11.5 Å². The Hall–Kier alpha value is -2.34. The van der Waals surface area contributed by atoms with E-state index in [1.807, 2.05) is 48.5 Å². The molecule has 3 N–H and O–H groups in total. The molecule has 0 aliphatic carbocycles. The first-order valence-electron chi connectivity index (χ1n) is 6.70. The SMILES string of the molecule is NC(=O)N/N=C\c1ccccc1Oc1ccccc1CCBr. The Kier molecular flexibility index (Phi) is 5.97.